The lowest BCUT2D eigenvalue weighted by Gasteiger charge is -2.11. The number of nitrogens with zero attached hydrogens (tertiary/aromatic N) is 2. The Kier molecular flexibility index (Phi) is 5.25. The summed E-state index contributed by atoms with van der Waals surface area (Å²) in [4.78, 5) is 11.4. The van der Waals surface area contributed by atoms with Crippen molar-refractivity contribution in [3.8, 4) is 22.6 Å². The summed E-state index contributed by atoms with van der Waals surface area (Å²) in [6.07, 6.45) is 0. The zero-order valence-electron chi connectivity index (χ0n) is 12.8. The van der Waals surface area contributed by atoms with Crippen LogP contribution in [-0.4, -0.2) is 11.1 Å². The van der Waals surface area contributed by atoms with E-state index in [0.717, 1.165) is 4.42 Å². The normalized spacial score (nSPS) is 10.8. The monoisotopic (exact) mass is 414 g/mol. The molecule has 0 saturated carbocycles. The van der Waals surface area contributed by atoms with Gasteiger partial charge in [0, 0.05) is 35.9 Å². The third kappa shape index (κ3) is 3.62. The van der Waals surface area contributed by atoms with E-state index in [0.29, 0.717) is 43.3 Å². The van der Waals surface area contributed by atoms with Crippen molar-refractivity contribution >= 4 is 58.2 Å². The number of amides is 1. The van der Waals surface area contributed by atoms with Gasteiger partial charge in [0.1, 0.15) is 5.69 Å². The lowest BCUT2D eigenvalue weighted by molar-refractivity contribution is -0.115. The average Bonchev–Trinajstić information content (AvgIpc) is 3.07. The van der Waals surface area contributed by atoms with Crippen LogP contribution in [0.5, 0.6) is 0 Å². The SMILES string of the molecule is CC(=O)N(Cl)c1cccc(-c2cc(-c3c(Cl)ccc(Cl)c3Cl)no2)c1. The van der Waals surface area contributed by atoms with E-state index in [1.54, 1.807) is 42.5 Å². The van der Waals surface area contributed by atoms with E-state index < -0.39 is 0 Å². The standard InChI is InChI=1S/C17H10Cl4N2O2/c1-9(24)23(21)11-4-2-3-10(7-11)15-8-14(22-25-15)16-12(18)5-6-13(19)17(16)20/h2-8H,1H3. The van der Waals surface area contributed by atoms with Gasteiger partial charge in [-0.3, -0.25) is 4.79 Å². The van der Waals surface area contributed by atoms with E-state index >= 15 is 0 Å². The van der Waals surface area contributed by atoms with Crippen molar-refractivity contribution in [2.24, 2.45) is 0 Å². The zero-order valence-corrected chi connectivity index (χ0v) is 15.8. The Morgan fingerprint density at radius 2 is 1.80 bits per heavy atom. The van der Waals surface area contributed by atoms with Gasteiger partial charge < -0.3 is 4.52 Å². The quantitative estimate of drug-likeness (QED) is 0.363. The van der Waals surface area contributed by atoms with E-state index in [4.69, 9.17) is 51.1 Å². The number of anilines is 1. The molecule has 0 unspecified atom stereocenters. The first kappa shape index (κ1) is 18.1. The van der Waals surface area contributed by atoms with Crippen molar-refractivity contribution in [1.29, 1.82) is 0 Å². The maximum absolute atomic E-state index is 11.4. The molecular formula is C17H10Cl4N2O2. The fraction of sp³-hybridized carbons (Fsp3) is 0.0588. The molecule has 3 rings (SSSR count). The number of halogens is 4. The van der Waals surface area contributed by atoms with E-state index in [-0.39, 0.29) is 5.91 Å². The first-order chi connectivity index (χ1) is 11.9. The summed E-state index contributed by atoms with van der Waals surface area (Å²) in [6.45, 7) is 1.37. The van der Waals surface area contributed by atoms with Gasteiger partial charge in [-0.25, -0.2) is 4.42 Å². The van der Waals surface area contributed by atoms with Crippen molar-refractivity contribution < 1.29 is 9.32 Å². The minimum absolute atomic E-state index is 0.297. The molecule has 0 bridgehead atoms. The Balaban J connectivity index is 2.02. The summed E-state index contributed by atoms with van der Waals surface area (Å²) in [5.41, 5.74) is 2.15. The second-order valence-electron chi connectivity index (χ2n) is 5.14. The molecule has 0 atom stereocenters. The number of benzene rings is 2. The number of carbonyl (C=O) groups is 1. The van der Waals surface area contributed by atoms with Gasteiger partial charge in [-0.05, 0) is 24.3 Å². The van der Waals surface area contributed by atoms with E-state index in [1.165, 1.54) is 6.92 Å². The number of rotatable bonds is 3. The van der Waals surface area contributed by atoms with Crippen molar-refractivity contribution in [3.05, 3.63) is 57.5 Å². The third-order valence-electron chi connectivity index (χ3n) is 3.44. The van der Waals surface area contributed by atoms with Gasteiger partial charge in [0.2, 0.25) is 5.91 Å². The Bertz CT molecular complexity index is 956. The maximum Gasteiger partial charge on any atom is 0.238 e. The second-order valence-corrected chi connectivity index (χ2v) is 6.68. The lowest BCUT2D eigenvalue weighted by atomic mass is 10.1. The second kappa shape index (κ2) is 7.26. The minimum Gasteiger partial charge on any atom is -0.356 e. The fourth-order valence-electron chi connectivity index (χ4n) is 2.25. The van der Waals surface area contributed by atoms with E-state index in [1.807, 2.05) is 0 Å². The molecule has 0 aliphatic rings. The number of hydrogen-bond donors (Lipinski definition) is 0. The van der Waals surface area contributed by atoms with Crippen LogP contribution in [0, 0.1) is 0 Å². The van der Waals surface area contributed by atoms with Gasteiger partial charge in [-0.2, -0.15) is 0 Å². The summed E-state index contributed by atoms with van der Waals surface area (Å²) in [5, 5.41) is 5.09. The van der Waals surface area contributed by atoms with Crippen LogP contribution in [0.3, 0.4) is 0 Å². The molecule has 0 aliphatic heterocycles. The predicted octanol–water partition coefficient (Wildman–Crippen LogP) is 6.48. The molecule has 128 valence electrons. The van der Waals surface area contributed by atoms with Crippen molar-refractivity contribution in [2.75, 3.05) is 4.42 Å². The molecule has 0 N–H and O–H groups in total. The molecule has 2 aromatic carbocycles. The molecular weight excluding hydrogens is 406 g/mol. The highest BCUT2D eigenvalue weighted by Crippen LogP contribution is 2.40. The van der Waals surface area contributed by atoms with Gasteiger partial charge in [0.05, 0.1) is 20.8 Å². The van der Waals surface area contributed by atoms with Crippen LogP contribution >= 0.6 is 46.6 Å². The number of aromatic nitrogens is 1. The smallest absolute Gasteiger partial charge is 0.238 e. The highest BCUT2D eigenvalue weighted by molar-refractivity contribution is 6.46. The summed E-state index contributed by atoms with van der Waals surface area (Å²) in [7, 11) is 0. The van der Waals surface area contributed by atoms with Crippen molar-refractivity contribution in [3.63, 3.8) is 0 Å². The van der Waals surface area contributed by atoms with Gasteiger partial charge >= 0.3 is 0 Å². The number of hydrogen-bond acceptors (Lipinski definition) is 3. The lowest BCUT2D eigenvalue weighted by Crippen LogP contribution is -2.16. The van der Waals surface area contributed by atoms with E-state index in [2.05, 4.69) is 5.16 Å². The first-order valence-corrected chi connectivity index (χ1v) is 8.53. The largest absolute Gasteiger partial charge is 0.356 e. The summed E-state index contributed by atoms with van der Waals surface area (Å²) < 4.78 is 6.41. The van der Waals surface area contributed by atoms with Crippen LogP contribution < -0.4 is 4.42 Å². The molecule has 4 nitrogen and oxygen atoms in total. The zero-order chi connectivity index (χ0) is 18.1. The summed E-state index contributed by atoms with van der Waals surface area (Å²) >= 11 is 24.4. The van der Waals surface area contributed by atoms with Crippen LogP contribution in [0.15, 0.2) is 47.0 Å². The molecule has 0 radical (unpaired) electrons. The molecule has 0 aliphatic carbocycles. The molecule has 0 fully saturated rings. The van der Waals surface area contributed by atoms with Gasteiger partial charge in [0.15, 0.2) is 5.76 Å². The highest BCUT2D eigenvalue weighted by atomic mass is 35.5. The molecule has 0 spiro atoms. The van der Waals surface area contributed by atoms with Crippen LogP contribution in [0.4, 0.5) is 5.69 Å². The van der Waals surface area contributed by atoms with Gasteiger partial charge in [-0.15, -0.1) is 0 Å². The Morgan fingerprint density at radius 1 is 1.08 bits per heavy atom. The first-order valence-electron chi connectivity index (χ1n) is 7.06. The number of carbonyl (C=O) groups excluding carboxylic acids is 1. The topological polar surface area (TPSA) is 46.3 Å². The molecule has 1 heterocycles. The molecule has 25 heavy (non-hydrogen) atoms. The van der Waals surface area contributed by atoms with Gasteiger partial charge in [0.25, 0.3) is 0 Å². The predicted molar refractivity (Wildman–Crippen MR) is 101 cm³/mol. The van der Waals surface area contributed by atoms with Crippen LogP contribution in [-0.2, 0) is 4.79 Å². The molecule has 1 amide bonds. The Labute approximate surface area is 163 Å². The van der Waals surface area contributed by atoms with Crippen molar-refractivity contribution in [1.82, 2.24) is 5.16 Å². The van der Waals surface area contributed by atoms with E-state index in [9.17, 15) is 4.79 Å². The maximum atomic E-state index is 11.4. The van der Waals surface area contributed by atoms with Gasteiger partial charge in [-0.1, -0.05) is 52.1 Å². The third-order valence-corrected chi connectivity index (χ3v) is 5.00. The minimum atomic E-state index is -0.297. The van der Waals surface area contributed by atoms with Crippen LogP contribution in [0.2, 0.25) is 15.1 Å². The van der Waals surface area contributed by atoms with Crippen LogP contribution in [0.25, 0.3) is 22.6 Å². The fourth-order valence-corrected chi connectivity index (χ4v) is 3.08. The summed E-state index contributed by atoms with van der Waals surface area (Å²) in [5.74, 6) is 0.173. The Morgan fingerprint density at radius 3 is 2.52 bits per heavy atom. The summed E-state index contributed by atoms with van der Waals surface area (Å²) in [6, 6.07) is 11.9. The van der Waals surface area contributed by atoms with Crippen molar-refractivity contribution in [2.45, 2.75) is 6.92 Å². The molecule has 1 aromatic heterocycles. The molecule has 0 saturated heterocycles. The van der Waals surface area contributed by atoms with Crippen LogP contribution in [0.1, 0.15) is 6.92 Å². The average molecular weight is 416 g/mol. The molecule has 3 aromatic rings. The Hall–Kier alpha value is -1.72. The highest BCUT2D eigenvalue weighted by Gasteiger charge is 2.17. The molecule has 8 heteroatoms.